The maximum absolute atomic E-state index is 10.6. The van der Waals surface area contributed by atoms with Crippen LogP contribution in [0.25, 0.3) is 10.9 Å². The molecule has 1 heterocycles. The number of benzene rings is 1. The van der Waals surface area contributed by atoms with Crippen molar-refractivity contribution in [3.05, 3.63) is 38.7 Å². The van der Waals surface area contributed by atoms with Crippen LogP contribution in [0.4, 0.5) is 5.69 Å². The Balaban J connectivity index is 2.71. The van der Waals surface area contributed by atoms with Crippen molar-refractivity contribution >= 4 is 32.5 Å². The van der Waals surface area contributed by atoms with Crippen molar-refractivity contribution in [3.63, 3.8) is 0 Å². The number of nitrogens with zero attached hydrogens (tertiary/aromatic N) is 3. The Labute approximate surface area is 99.8 Å². The summed E-state index contributed by atoms with van der Waals surface area (Å²) >= 11 is 3.33. The molecule has 0 atom stereocenters. The van der Waals surface area contributed by atoms with Gasteiger partial charge in [0.2, 0.25) is 0 Å². The summed E-state index contributed by atoms with van der Waals surface area (Å²) in [5.74, 6) is 0.667. The minimum Gasteiger partial charge on any atom is -0.258 e. The lowest BCUT2D eigenvalue weighted by Gasteiger charge is -2.02. The predicted molar refractivity (Wildman–Crippen MR) is 63.3 cm³/mol. The Kier molecular flexibility index (Phi) is 2.82. The van der Waals surface area contributed by atoms with Gasteiger partial charge >= 0.3 is 0 Å². The largest absolute Gasteiger partial charge is 0.271 e. The molecule has 0 fully saturated rings. The molecule has 2 aromatic rings. The standard InChI is InChI=1S/C10H8BrN3O2/c1-2-9-12-8-5-6(14(15)16)3-4-7(8)10(11)13-9/h3-5H,2H2,1H3. The van der Waals surface area contributed by atoms with E-state index >= 15 is 0 Å². The zero-order chi connectivity index (χ0) is 11.7. The van der Waals surface area contributed by atoms with E-state index in [4.69, 9.17) is 0 Å². The van der Waals surface area contributed by atoms with Crippen molar-refractivity contribution in [2.24, 2.45) is 0 Å². The molecule has 0 amide bonds. The van der Waals surface area contributed by atoms with E-state index in [1.54, 1.807) is 6.07 Å². The molecule has 5 nitrogen and oxygen atoms in total. The van der Waals surface area contributed by atoms with Crippen molar-refractivity contribution in [1.29, 1.82) is 0 Å². The third kappa shape index (κ3) is 1.88. The van der Waals surface area contributed by atoms with Gasteiger partial charge in [-0.1, -0.05) is 6.92 Å². The molecular formula is C10H8BrN3O2. The molecule has 82 valence electrons. The van der Waals surface area contributed by atoms with Crippen LogP contribution in [-0.2, 0) is 6.42 Å². The number of rotatable bonds is 2. The van der Waals surface area contributed by atoms with E-state index in [1.165, 1.54) is 12.1 Å². The third-order valence-electron chi connectivity index (χ3n) is 2.21. The van der Waals surface area contributed by atoms with Gasteiger partial charge < -0.3 is 0 Å². The van der Waals surface area contributed by atoms with Gasteiger partial charge in [-0.15, -0.1) is 0 Å². The predicted octanol–water partition coefficient (Wildman–Crippen LogP) is 2.86. The van der Waals surface area contributed by atoms with Gasteiger partial charge in [0, 0.05) is 23.9 Å². The zero-order valence-electron chi connectivity index (χ0n) is 8.48. The molecular weight excluding hydrogens is 274 g/mol. The molecule has 0 unspecified atom stereocenters. The van der Waals surface area contributed by atoms with Gasteiger partial charge in [0.15, 0.2) is 0 Å². The number of non-ortho nitro benzene ring substituents is 1. The van der Waals surface area contributed by atoms with E-state index in [0.717, 1.165) is 5.39 Å². The van der Waals surface area contributed by atoms with Crippen LogP contribution in [0.15, 0.2) is 22.8 Å². The lowest BCUT2D eigenvalue weighted by molar-refractivity contribution is -0.384. The molecule has 0 aliphatic carbocycles. The van der Waals surface area contributed by atoms with Crippen molar-refractivity contribution in [3.8, 4) is 0 Å². The van der Waals surface area contributed by atoms with Crippen LogP contribution in [-0.4, -0.2) is 14.9 Å². The van der Waals surface area contributed by atoms with Crippen LogP contribution in [0.2, 0.25) is 0 Å². The number of nitro groups is 1. The van der Waals surface area contributed by atoms with E-state index in [9.17, 15) is 10.1 Å². The van der Waals surface area contributed by atoms with Gasteiger partial charge in [-0.2, -0.15) is 0 Å². The Morgan fingerprint density at radius 3 is 2.81 bits per heavy atom. The van der Waals surface area contributed by atoms with Crippen LogP contribution in [0.3, 0.4) is 0 Å². The number of hydrogen-bond acceptors (Lipinski definition) is 4. The maximum Gasteiger partial charge on any atom is 0.271 e. The quantitative estimate of drug-likeness (QED) is 0.482. The van der Waals surface area contributed by atoms with Gasteiger partial charge in [-0.05, 0) is 22.0 Å². The zero-order valence-corrected chi connectivity index (χ0v) is 10.1. The maximum atomic E-state index is 10.6. The smallest absolute Gasteiger partial charge is 0.258 e. The molecule has 6 heteroatoms. The highest BCUT2D eigenvalue weighted by Gasteiger charge is 2.10. The van der Waals surface area contributed by atoms with Gasteiger partial charge in [-0.25, -0.2) is 9.97 Å². The SMILES string of the molecule is CCc1nc(Br)c2ccc([N+](=O)[O-])cc2n1. The van der Waals surface area contributed by atoms with Crippen LogP contribution in [0, 0.1) is 10.1 Å². The molecule has 0 aliphatic heterocycles. The number of nitro benzene ring substituents is 1. The van der Waals surface area contributed by atoms with E-state index in [1.807, 2.05) is 6.92 Å². The molecule has 0 spiro atoms. The first-order chi connectivity index (χ1) is 7.61. The molecule has 0 aliphatic rings. The van der Waals surface area contributed by atoms with E-state index in [2.05, 4.69) is 25.9 Å². The number of aromatic nitrogens is 2. The molecule has 0 saturated heterocycles. The first-order valence-electron chi connectivity index (χ1n) is 4.72. The average molecular weight is 282 g/mol. The summed E-state index contributed by atoms with van der Waals surface area (Å²) in [6, 6.07) is 4.56. The topological polar surface area (TPSA) is 68.9 Å². The molecule has 16 heavy (non-hydrogen) atoms. The number of hydrogen-bond donors (Lipinski definition) is 0. The van der Waals surface area contributed by atoms with Crippen LogP contribution >= 0.6 is 15.9 Å². The summed E-state index contributed by atoms with van der Waals surface area (Å²) < 4.78 is 0.671. The van der Waals surface area contributed by atoms with Crippen LogP contribution < -0.4 is 0 Å². The van der Waals surface area contributed by atoms with Crippen molar-refractivity contribution in [2.45, 2.75) is 13.3 Å². The average Bonchev–Trinajstić information content (AvgIpc) is 2.28. The summed E-state index contributed by atoms with van der Waals surface area (Å²) in [5, 5.41) is 11.4. The van der Waals surface area contributed by atoms with E-state index in [0.29, 0.717) is 22.4 Å². The number of halogens is 1. The fourth-order valence-electron chi connectivity index (χ4n) is 1.40. The highest BCUT2D eigenvalue weighted by molar-refractivity contribution is 9.10. The van der Waals surface area contributed by atoms with Gasteiger partial charge in [0.1, 0.15) is 10.4 Å². The monoisotopic (exact) mass is 281 g/mol. The first-order valence-corrected chi connectivity index (χ1v) is 5.51. The molecule has 0 N–H and O–H groups in total. The Morgan fingerprint density at radius 1 is 1.44 bits per heavy atom. The highest BCUT2D eigenvalue weighted by Crippen LogP contribution is 2.24. The molecule has 0 saturated carbocycles. The lowest BCUT2D eigenvalue weighted by atomic mass is 10.2. The minimum absolute atomic E-state index is 0.0418. The van der Waals surface area contributed by atoms with E-state index in [-0.39, 0.29) is 5.69 Å². The normalized spacial score (nSPS) is 10.6. The Hall–Kier alpha value is -1.56. The van der Waals surface area contributed by atoms with Crippen molar-refractivity contribution in [1.82, 2.24) is 9.97 Å². The van der Waals surface area contributed by atoms with Crippen molar-refractivity contribution in [2.75, 3.05) is 0 Å². The summed E-state index contributed by atoms with van der Waals surface area (Å²) in [5.41, 5.74) is 0.632. The second kappa shape index (κ2) is 4.13. The summed E-state index contributed by atoms with van der Waals surface area (Å²) in [4.78, 5) is 18.7. The third-order valence-corrected chi connectivity index (χ3v) is 2.81. The van der Waals surface area contributed by atoms with Gasteiger partial charge in [0.05, 0.1) is 10.4 Å². The van der Waals surface area contributed by atoms with E-state index < -0.39 is 4.92 Å². The summed E-state index contributed by atoms with van der Waals surface area (Å²) in [6.07, 6.45) is 0.692. The lowest BCUT2D eigenvalue weighted by Crippen LogP contribution is -1.96. The number of aryl methyl sites for hydroxylation is 1. The van der Waals surface area contributed by atoms with Crippen molar-refractivity contribution < 1.29 is 4.92 Å². The molecule has 0 radical (unpaired) electrons. The summed E-state index contributed by atoms with van der Waals surface area (Å²) in [6.45, 7) is 1.94. The highest BCUT2D eigenvalue weighted by atomic mass is 79.9. The van der Waals surface area contributed by atoms with Gasteiger partial charge in [0.25, 0.3) is 5.69 Å². The second-order valence-electron chi connectivity index (χ2n) is 3.24. The molecule has 0 bridgehead atoms. The molecule has 1 aromatic carbocycles. The molecule has 2 rings (SSSR count). The Bertz CT molecular complexity index is 571. The number of fused-ring (bicyclic) bond motifs is 1. The Morgan fingerprint density at radius 2 is 2.19 bits per heavy atom. The van der Waals surface area contributed by atoms with Crippen LogP contribution in [0.1, 0.15) is 12.7 Å². The fraction of sp³-hybridized carbons (Fsp3) is 0.200. The second-order valence-corrected chi connectivity index (χ2v) is 3.99. The first kappa shape index (κ1) is 10.9. The van der Waals surface area contributed by atoms with Crippen LogP contribution in [0.5, 0.6) is 0 Å². The minimum atomic E-state index is -0.429. The molecule has 1 aromatic heterocycles. The fourth-order valence-corrected chi connectivity index (χ4v) is 1.94. The summed E-state index contributed by atoms with van der Waals surface area (Å²) in [7, 11) is 0. The van der Waals surface area contributed by atoms with Gasteiger partial charge in [-0.3, -0.25) is 10.1 Å².